The van der Waals surface area contributed by atoms with Crippen LogP contribution in [0, 0.1) is 0 Å². The van der Waals surface area contributed by atoms with E-state index in [1.54, 1.807) is 0 Å². The molecule has 0 atom stereocenters. The lowest BCUT2D eigenvalue weighted by Crippen LogP contribution is -2.01. The summed E-state index contributed by atoms with van der Waals surface area (Å²) < 4.78 is 3.65. The quantitative estimate of drug-likeness (QED) is 0.591. The van der Waals surface area contributed by atoms with Gasteiger partial charge in [-0.15, -0.1) is 22.7 Å². The smallest absolute Gasteiger partial charge is 0.194 e. The van der Waals surface area contributed by atoms with E-state index in [1.807, 2.05) is 17.4 Å². The third kappa shape index (κ3) is 1.93. The molecular formula is C13H10Cl2N2S2. The van der Waals surface area contributed by atoms with Gasteiger partial charge in [0.1, 0.15) is 4.34 Å². The van der Waals surface area contributed by atoms with Gasteiger partial charge in [-0.3, -0.25) is 4.40 Å². The van der Waals surface area contributed by atoms with Crippen LogP contribution in [0.3, 0.4) is 0 Å². The summed E-state index contributed by atoms with van der Waals surface area (Å²) in [4.78, 5) is 7.27. The number of thiophene rings is 1. The lowest BCUT2D eigenvalue weighted by Gasteiger charge is -2.09. The Morgan fingerprint density at radius 2 is 2.00 bits per heavy atom. The highest BCUT2D eigenvalue weighted by molar-refractivity contribution is 7.20. The number of fused-ring (bicyclic) bond motifs is 3. The van der Waals surface area contributed by atoms with Gasteiger partial charge in [-0.25, -0.2) is 4.98 Å². The van der Waals surface area contributed by atoms with E-state index in [9.17, 15) is 0 Å². The van der Waals surface area contributed by atoms with Crippen LogP contribution >= 0.6 is 45.9 Å². The van der Waals surface area contributed by atoms with Crippen molar-refractivity contribution in [3.05, 3.63) is 31.5 Å². The zero-order valence-corrected chi connectivity index (χ0v) is 13.1. The molecule has 3 aromatic heterocycles. The van der Waals surface area contributed by atoms with Crippen molar-refractivity contribution in [3.63, 3.8) is 0 Å². The summed E-state index contributed by atoms with van der Waals surface area (Å²) >= 11 is 15.4. The first kappa shape index (κ1) is 12.2. The van der Waals surface area contributed by atoms with Crippen LogP contribution in [-0.2, 0) is 12.8 Å². The Bertz CT molecular complexity index is 769. The highest BCUT2D eigenvalue weighted by atomic mass is 35.5. The van der Waals surface area contributed by atoms with E-state index in [-0.39, 0.29) is 0 Å². The maximum Gasteiger partial charge on any atom is 0.194 e. The summed E-state index contributed by atoms with van der Waals surface area (Å²) in [5.74, 6) is 0. The molecule has 0 fully saturated rings. The number of thiazole rings is 1. The highest BCUT2D eigenvalue weighted by Gasteiger charge is 2.19. The molecule has 3 aromatic rings. The molecule has 0 N–H and O–H groups in total. The Balaban J connectivity index is 1.89. The number of imidazole rings is 1. The van der Waals surface area contributed by atoms with E-state index in [4.69, 9.17) is 28.2 Å². The van der Waals surface area contributed by atoms with Gasteiger partial charge < -0.3 is 0 Å². The fraction of sp³-hybridized carbons (Fsp3) is 0.308. The van der Waals surface area contributed by atoms with Gasteiger partial charge in [-0.2, -0.15) is 0 Å². The largest absolute Gasteiger partial charge is 0.294 e. The maximum atomic E-state index is 6.21. The minimum Gasteiger partial charge on any atom is -0.294 e. The highest BCUT2D eigenvalue weighted by Crippen LogP contribution is 2.39. The number of hydrogen-bond donors (Lipinski definition) is 0. The van der Waals surface area contributed by atoms with Gasteiger partial charge >= 0.3 is 0 Å². The number of halogens is 2. The first-order chi connectivity index (χ1) is 9.22. The second kappa shape index (κ2) is 4.48. The van der Waals surface area contributed by atoms with Crippen molar-refractivity contribution < 1.29 is 0 Å². The Hall–Kier alpha value is -0.550. The lowest BCUT2D eigenvalue weighted by molar-refractivity contribution is 0.674. The molecule has 3 heterocycles. The number of hydrogen-bond acceptors (Lipinski definition) is 3. The molecule has 0 saturated heterocycles. The fourth-order valence-electron chi connectivity index (χ4n) is 2.61. The van der Waals surface area contributed by atoms with Crippen LogP contribution < -0.4 is 0 Å². The molecule has 0 aromatic carbocycles. The van der Waals surface area contributed by atoms with Gasteiger partial charge in [0, 0.05) is 22.3 Å². The Kier molecular flexibility index (Phi) is 2.88. The molecule has 6 heteroatoms. The topological polar surface area (TPSA) is 17.3 Å². The van der Waals surface area contributed by atoms with Crippen LogP contribution in [-0.4, -0.2) is 9.38 Å². The van der Waals surface area contributed by atoms with Crippen molar-refractivity contribution in [1.29, 1.82) is 0 Å². The first-order valence-electron chi connectivity index (χ1n) is 6.17. The number of aromatic nitrogens is 2. The molecule has 1 aliphatic rings. The van der Waals surface area contributed by atoms with Crippen LogP contribution in [0.1, 0.15) is 23.4 Å². The van der Waals surface area contributed by atoms with Crippen molar-refractivity contribution in [2.24, 2.45) is 0 Å². The van der Waals surface area contributed by atoms with E-state index < -0.39 is 0 Å². The van der Waals surface area contributed by atoms with Gasteiger partial charge in [-0.05, 0) is 31.7 Å². The zero-order valence-electron chi connectivity index (χ0n) is 9.95. The average molecular weight is 329 g/mol. The number of nitrogens with zero attached hydrogens (tertiary/aromatic N) is 2. The molecule has 0 radical (unpaired) electrons. The molecule has 0 unspecified atom stereocenters. The van der Waals surface area contributed by atoms with E-state index in [0.717, 1.165) is 22.6 Å². The zero-order chi connectivity index (χ0) is 13.0. The van der Waals surface area contributed by atoms with Crippen molar-refractivity contribution in [1.82, 2.24) is 9.38 Å². The minimum absolute atomic E-state index is 0.707. The van der Waals surface area contributed by atoms with Gasteiger partial charge in [0.2, 0.25) is 0 Å². The summed E-state index contributed by atoms with van der Waals surface area (Å²) in [5.41, 5.74) is 3.30. The first-order valence-corrected chi connectivity index (χ1v) is 8.56. The Labute approximate surface area is 128 Å². The third-order valence-corrected chi connectivity index (χ3v) is 6.15. The van der Waals surface area contributed by atoms with Crippen LogP contribution in [0.25, 0.3) is 16.2 Å². The van der Waals surface area contributed by atoms with Crippen LogP contribution in [0.5, 0.6) is 0 Å². The summed E-state index contributed by atoms with van der Waals surface area (Å²) in [6.07, 6.45) is 7.03. The summed E-state index contributed by atoms with van der Waals surface area (Å²) in [6, 6.07) is 1.90. The molecule has 0 saturated carbocycles. The molecular weight excluding hydrogens is 319 g/mol. The Morgan fingerprint density at radius 3 is 2.79 bits per heavy atom. The summed E-state index contributed by atoms with van der Waals surface area (Å²) in [6.45, 7) is 0. The van der Waals surface area contributed by atoms with Crippen molar-refractivity contribution in [2.75, 3.05) is 0 Å². The van der Waals surface area contributed by atoms with Crippen LogP contribution in [0.2, 0.25) is 8.67 Å². The average Bonchev–Trinajstić information content (AvgIpc) is 3.01. The van der Waals surface area contributed by atoms with E-state index >= 15 is 0 Å². The van der Waals surface area contributed by atoms with Gasteiger partial charge in [0.25, 0.3) is 0 Å². The normalized spacial score (nSPS) is 15.1. The Morgan fingerprint density at radius 1 is 1.16 bits per heavy atom. The maximum absolute atomic E-state index is 6.21. The molecule has 4 rings (SSSR count). The van der Waals surface area contributed by atoms with Crippen molar-refractivity contribution in [2.45, 2.75) is 25.7 Å². The molecule has 0 spiro atoms. The van der Waals surface area contributed by atoms with E-state index in [1.165, 1.54) is 41.2 Å². The predicted molar refractivity (Wildman–Crippen MR) is 83.0 cm³/mol. The second-order valence-electron chi connectivity index (χ2n) is 4.70. The molecule has 0 aliphatic heterocycles. The fourth-order valence-corrected chi connectivity index (χ4v) is 5.28. The van der Waals surface area contributed by atoms with E-state index in [0.29, 0.717) is 8.67 Å². The minimum atomic E-state index is 0.707. The van der Waals surface area contributed by atoms with Crippen LogP contribution in [0.4, 0.5) is 0 Å². The lowest BCUT2D eigenvalue weighted by atomic mass is 10.0. The van der Waals surface area contributed by atoms with Crippen molar-refractivity contribution >= 4 is 50.8 Å². The molecule has 1 aliphatic carbocycles. The van der Waals surface area contributed by atoms with Gasteiger partial charge in [0.15, 0.2) is 4.96 Å². The summed E-state index contributed by atoms with van der Waals surface area (Å²) in [7, 11) is 0. The SMILES string of the molecule is Clc1cc(-c2cn3c4c(sc3n2)CCCC4)c(Cl)s1. The molecule has 0 amide bonds. The van der Waals surface area contributed by atoms with Crippen LogP contribution in [0.15, 0.2) is 12.3 Å². The second-order valence-corrected chi connectivity index (χ2v) is 8.04. The molecule has 98 valence electrons. The monoisotopic (exact) mass is 328 g/mol. The van der Waals surface area contributed by atoms with Gasteiger partial charge in [-0.1, -0.05) is 23.2 Å². The standard InChI is InChI=1S/C13H10Cl2N2S2/c14-11-5-7(12(15)19-11)8-6-17-9-3-1-2-4-10(9)18-13(17)16-8/h5-6H,1-4H2. The molecule has 2 nitrogen and oxygen atoms in total. The van der Waals surface area contributed by atoms with E-state index in [2.05, 4.69) is 10.6 Å². The van der Waals surface area contributed by atoms with Crippen molar-refractivity contribution in [3.8, 4) is 11.3 Å². The molecule has 0 bridgehead atoms. The number of aryl methyl sites for hydroxylation is 2. The third-order valence-electron chi connectivity index (χ3n) is 3.50. The molecule has 19 heavy (non-hydrogen) atoms. The number of rotatable bonds is 1. The van der Waals surface area contributed by atoms with Gasteiger partial charge in [0.05, 0.1) is 10.0 Å². The predicted octanol–water partition coefficient (Wildman–Crippen LogP) is 5.31. The summed E-state index contributed by atoms with van der Waals surface area (Å²) in [5, 5.41) is 0.